The van der Waals surface area contributed by atoms with Gasteiger partial charge in [-0.2, -0.15) is 5.10 Å². The molecule has 0 spiro atoms. The fourth-order valence-corrected chi connectivity index (χ4v) is 2.98. The molecule has 0 N–H and O–H groups in total. The van der Waals surface area contributed by atoms with Crippen LogP contribution in [0.5, 0.6) is 0 Å². The molecule has 0 aliphatic heterocycles. The van der Waals surface area contributed by atoms with Gasteiger partial charge in [-0.3, -0.25) is 0 Å². The van der Waals surface area contributed by atoms with Gasteiger partial charge in [-0.1, -0.05) is 62.2 Å². The minimum absolute atomic E-state index is 0.794. The molecule has 3 rings (SSSR count). The van der Waals surface area contributed by atoms with Crippen molar-refractivity contribution >= 4 is 31.9 Å². The Kier molecular flexibility index (Phi) is 4.03. The van der Waals surface area contributed by atoms with Crippen LogP contribution in [0, 0.1) is 0 Å². The van der Waals surface area contributed by atoms with Crippen molar-refractivity contribution < 1.29 is 0 Å². The number of hydrogen-bond acceptors (Lipinski definition) is 1. The minimum atomic E-state index is 0.794. The van der Waals surface area contributed by atoms with Crippen molar-refractivity contribution in [1.29, 1.82) is 0 Å². The highest BCUT2D eigenvalue weighted by atomic mass is 79.9. The van der Waals surface area contributed by atoms with Crippen molar-refractivity contribution in [2.24, 2.45) is 0 Å². The number of rotatable bonds is 3. The Labute approximate surface area is 134 Å². The predicted octanol–water partition coefficient (Wildman–Crippen LogP) is 5.20. The van der Waals surface area contributed by atoms with Gasteiger partial charge in [0.25, 0.3) is 0 Å². The van der Waals surface area contributed by atoms with Crippen LogP contribution < -0.4 is 0 Å². The van der Waals surface area contributed by atoms with Gasteiger partial charge in [0.05, 0.1) is 11.9 Å². The van der Waals surface area contributed by atoms with Gasteiger partial charge in [0.15, 0.2) is 0 Å². The third-order valence-corrected chi connectivity index (χ3v) is 4.22. The first-order valence-electron chi connectivity index (χ1n) is 6.23. The first-order valence-corrected chi connectivity index (χ1v) is 8.14. The lowest BCUT2D eigenvalue weighted by Crippen LogP contribution is -1.98. The van der Waals surface area contributed by atoms with Crippen molar-refractivity contribution in [2.75, 3.05) is 0 Å². The van der Waals surface area contributed by atoms with Gasteiger partial charge in [-0.25, -0.2) is 4.68 Å². The molecule has 0 saturated heterocycles. The molecule has 2 nitrogen and oxygen atoms in total. The molecule has 0 atom stereocenters. The summed E-state index contributed by atoms with van der Waals surface area (Å²) in [5.74, 6) is 0. The highest BCUT2D eigenvalue weighted by Crippen LogP contribution is 2.24. The Morgan fingerprint density at radius 1 is 1.00 bits per heavy atom. The molecule has 1 aromatic heterocycles. The number of aromatic nitrogens is 2. The molecule has 2 aromatic carbocycles. The monoisotopic (exact) mass is 390 g/mol. The zero-order chi connectivity index (χ0) is 13.9. The van der Waals surface area contributed by atoms with E-state index in [1.165, 1.54) is 11.1 Å². The molecular formula is C16H12Br2N2. The fourth-order valence-electron chi connectivity index (χ4n) is 2.12. The molecule has 0 amide bonds. The summed E-state index contributed by atoms with van der Waals surface area (Å²) in [5, 5.41) is 5.28. The molecule has 1 heterocycles. The minimum Gasteiger partial charge on any atom is -0.240 e. The largest absolute Gasteiger partial charge is 0.240 e. The van der Waals surface area contributed by atoms with Crippen LogP contribution in [-0.4, -0.2) is 9.78 Å². The molecule has 0 aliphatic carbocycles. The van der Waals surface area contributed by atoms with Gasteiger partial charge in [0.2, 0.25) is 0 Å². The molecule has 0 radical (unpaired) electrons. The van der Waals surface area contributed by atoms with Crippen LogP contribution in [0.1, 0.15) is 5.56 Å². The summed E-state index contributed by atoms with van der Waals surface area (Å²) in [6.45, 7) is 0. The van der Waals surface area contributed by atoms with Crippen LogP contribution in [0.4, 0.5) is 0 Å². The Morgan fingerprint density at radius 3 is 2.55 bits per heavy atom. The van der Waals surface area contributed by atoms with Crippen LogP contribution in [-0.2, 0) is 5.33 Å². The van der Waals surface area contributed by atoms with Crippen LogP contribution in [0.25, 0.3) is 16.8 Å². The zero-order valence-electron chi connectivity index (χ0n) is 10.6. The number of hydrogen-bond donors (Lipinski definition) is 0. The van der Waals surface area contributed by atoms with E-state index in [0.717, 1.165) is 21.1 Å². The summed E-state index contributed by atoms with van der Waals surface area (Å²) in [5.41, 5.74) is 4.58. The average molecular weight is 392 g/mol. The topological polar surface area (TPSA) is 17.8 Å². The second-order valence-electron chi connectivity index (χ2n) is 4.45. The van der Waals surface area contributed by atoms with Gasteiger partial charge in [0, 0.05) is 21.6 Å². The van der Waals surface area contributed by atoms with Crippen molar-refractivity contribution in [1.82, 2.24) is 9.78 Å². The second-order valence-corrected chi connectivity index (χ2v) is 5.92. The molecule has 0 fully saturated rings. The lowest BCUT2D eigenvalue weighted by atomic mass is 10.1. The van der Waals surface area contributed by atoms with Gasteiger partial charge in [-0.15, -0.1) is 0 Å². The van der Waals surface area contributed by atoms with E-state index in [4.69, 9.17) is 0 Å². The van der Waals surface area contributed by atoms with E-state index in [9.17, 15) is 0 Å². The van der Waals surface area contributed by atoms with Crippen LogP contribution in [0.3, 0.4) is 0 Å². The molecule has 0 unspecified atom stereocenters. The number of nitrogens with zero attached hydrogens (tertiary/aromatic N) is 2. The van der Waals surface area contributed by atoms with E-state index in [2.05, 4.69) is 67.4 Å². The molecule has 0 bridgehead atoms. The van der Waals surface area contributed by atoms with Crippen molar-refractivity contribution in [3.05, 3.63) is 71.0 Å². The molecular weight excluding hydrogens is 380 g/mol. The lowest BCUT2D eigenvalue weighted by Gasteiger charge is -2.07. The van der Waals surface area contributed by atoms with E-state index in [0.29, 0.717) is 0 Å². The van der Waals surface area contributed by atoms with Crippen molar-refractivity contribution in [2.45, 2.75) is 5.33 Å². The Morgan fingerprint density at radius 2 is 1.80 bits per heavy atom. The Bertz CT molecular complexity index is 720. The third-order valence-electron chi connectivity index (χ3n) is 3.12. The van der Waals surface area contributed by atoms with Gasteiger partial charge < -0.3 is 0 Å². The lowest BCUT2D eigenvalue weighted by molar-refractivity contribution is 0.871. The predicted molar refractivity (Wildman–Crippen MR) is 89.3 cm³/mol. The van der Waals surface area contributed by atoms with E-state index in [-0.39, 0.29) is 0 Å². The first kappa shape index (κ1) is 13.6. The zero-order valence-corrected chi connectivity index (χ0v) is 13.8. The van der Waals surface area contributed by atoms with E-state index < -0.39 is 0 Å². The van der Waals surface area contributed by atoms with Crippen LogP contribution in [0.2, 0.25) is 0 Å². The van der Waals surface area contributed by atoms with E-state index in [1.807, 2.05) is 35.1 Å². The SMILES string of the molecule is BrCc1cc(Br)ccc1-n1cc(-c2ccccc2)cn1. The summed E-state index contributed by atoms with van der Waals surface area (Å²) in [7, 11) is 0. The standard InChI is InChI=1S/C16H12Br2N2/c17-9-13-8-15(18)6-7-16(13)20-11-14(10-19-20)12-4-2-1-3-5-12/h1-8,10-11H,9H2. The molecule has 20 heavy (non-hydrogen) atoms. The van der Waals surface area contributed by atoms with Crippen molar-refractivity contribution in [3.8, 4) is 16.8 Å². The average Bonchev–Trinajstić information content (AvgIpc) is 2.97. The summed E-state index contributed by atoms with van der Waals surface area (Å²) < 4.78 is 3.00. The van der Waals surface area contributed by atoms with Crippen LogP contribution >= 0.6 is 31.9 Å². The molecule has 3 aromatic rings. The molecule has 0 saturated carbocycles. The Hall–Kier alpha value is -1.39. The first-order chi connectivity index (χ1) is 9.78. The quantitative estimate of drug-likeness (QED) is 0.561. The molecule has 100 valence electrons. The van der Waals surface area contributed by atoms with E-state index >= 15 is 0 Å². The summed E-state index contributed by atoms with van der Waals surface area (Å²) in [6, 6.07) is 16.5. The highest BCUT2D eigenvalue weighted by molar-refractivity contribution is 9.10. The summed E-state index contributed by atoms with van der Waals surface area (Å²) in [4.78, 5) is 0. The maximum atomic E-state index is 4.48. The molecule has 4 heteroatoms. The van der Waals surface area contributed by atoms with Crippen LogP contribution in [0.15, 0.2) is 65.4 Å². The Balaban J connectivity index is 2.02. The number of benzene rings is 2. The third kappa shape index (κ3) is 2.72. The maximum Gasteiger partial charge on any atom is 0.0687 e. The highest BCUT2D eigenvalue weighted by Gasteiger charge is 2.07. The molecule has 0 aliphatic rings. The second kappa shape index (κ2) is 5.94. The normalized spacial score (nSPS) is 10.7. The number of halogens is 2. The van der Waals surface area contributed by atoms with Gasteiger partial charge in [0.1, 0.15) is 0 Å². The fraction of sp³-hybridized carbons (Fsp3) is 0.0625. The van der Waals surface area contributed by atoms with Gasteiger partial charge in [-0.05, 0) is 29.3 Å². The summed E-state index contributed by atoms with van der Waals surface area (Å²) >= 11 is 7.03. The summed E-state index contributed by atoms with van der Waals surface area (Å²) in [6.07, 6.45) is 3.96. The number of alkyl halides is 1. The van der Waals surface area contributed by atoms with Crippen molar-refractivity contribution in [3.63, 3.8) is 0 Å². The maximum absolute atomic E-state index is 4.48. The smallest absolute Gasteiger partial charge is 0.0687 e. The van der Waals surface area contributed by atoms with E-state index in [1.54, 1.807) is 0 Å². The van der Waals surface area contributed by atoms with Gasteiger partial charge >= 0.3 is 0 Å².